The van der Waals surface area contributed by atoms with Crippen LogP contribution < -0.4 is 10.1 Å². The quantitative estimate of drug-likeness (QED) is 0.217. The number of carbonyl (C=O) groups excluding carboxylic acids is 1. The molecule has 0 aliphatic carbocycles. The van der Waals surface area contributed by atoms with Crippen LogP contribution in [0.3, 0.4) is 0 Å². The first kappa shape index (κ1) is 29.6. The Bertz CT molecular complexity index is 1280. The molecule has 10 heteroatoms. The number of fused-ring (bicyclic) bond motifs is 1. The van der Waals surface area contributed by atoms with Gasteiger partial charge in [0.1, 0.15) is 0 Å². The van der Waals surface area contributed by atoms with Crippen LogP contribution in [0.25, 0.3) is 10.8 Å². The Morgan fingerprint density at radius 3 is 2.37 bits per heavy atom. The number of halogens is 5. The van der Waals surface area contributed by atoms with Gasteiger partial charge < -0.3 is 15.2 Å². The molecule has 3 aromatic carbocycles. The Labute approximate surface area is 228 Å². The molecule has 0 radical (unpaired) electrons. The average Bonchev–Trinajstić information content (AvgIpc) is 2.85. The first-order valence-corrected chi connectivity index (χ1v) is 13.0. The van der Waals surface area contributed by atoms with Crippen molar-refractivity contribution in [3.05, 3.63) is 75.3 Å². The molecule has 0 aliphatic rings. The fourth-order valence-electron chi connectivity index (χ4n) is 4.08. The van der Waals surface area contributed by atoms with Crippen molar-refractivity contribution in [3.8, 4) is 5.75 Å². The molecule has 0 saturated heterocycles. The minimum atomic E-state index is -4.34. The molecule has 0 aliphatic heterocycles. The Hall–Kier alpha value is -2.97. The summed E-state index contributed by atoms with van der Waals surface area (Å²) in [7, 11) is 0. The van der Waals surface area contributed by atoms with Crippen molar-refractivity contribution in [2.24, 2.45) is 0 Å². The van der Waals surface area contributed by atoms with Crippen molar-refractivity contribution >= 4 is 45.9 Å². The largest absolute Gasteiger partial charge is 0.490 e. The molecule has 0 bridgehead atoms. The predicted molar refractivity (Wildman–Crippen MR) is 143 cm³/mol. The summed E-state index contributed by atoms with van der Waals surface area (Å²) in [6.07, 6.45) is -3.95. The zero-order chi connectivity index (χ0) is 27.9. The number of nitrogens with one attached hydrogen (secondary N) is 1. The summed E-state index contributed by atoms with van der Waals surface area (Å²) >= 11 is 13.0. The highest BCUT2D eigenvalue weighted by atomic mass is 35.5. The molecule has 1 atom stereocenters. The minimum absolute atomic E-state index is 0.0301. The standard InChI is InChI=1S/C28H28Cl2F3NO4/c1-2-3-14-38-26-23(29)16-20-15-19(8-9-22(20)25(26)30)21(10-12-28(31,32)33)17-4-6-18(7-5-17)27(37)34-13-11-24(35)36/h4-9,15-16,21H,2-3,10-14H2,1H3,(H,34,37)(H,35,36). The number of hydrogen-bond acceptors (Lipinski definition) is 3. The van der Waals surface area contributed by atoms with Crippen LogP contribution in [0, 0.1) is 0 Å². The van der Waals surface area contributed by atoms with Crippen molar-refractivity contribution in [1.29, 1.82) is 0 Å². The van der Waals surface area contributed by atoms with Crippen LogP contribution in [0.5, 0.6) is 5.75 Å². The van der Waals surface area contributed by atoms with Gasteiger partial charge in [0.2, 0.25) is 0 Å². The highest BCUT2D eigenvalue weighted by Gasteiger charge is 2.29. The fourth-order valence-corrected chi connectivity index (χ4v) is 4.73. The number of rotatable bonds is 12. The lowest BCUT2D eigenvalue weighted by Crippen LogP contribution is -2.25. The highest BCUT2D eigenvalue weighted by Crippen LogP contribution is 2.42. The van der Waals surface area contributed by atoms with Gasteiger partial charge in [-0.3, -0.25) is 9.59 Å². The van der Waals surface area contributed by atoms with Crippen LogP contribution in [0.1, 0.15) is 66.4 Å². The third-order valence-corrected chi connectivity index (χ3v) is 6.73. The molecule has 0 spiro atoms. The van der Waals surface area contributed by atoms with E-state index in [0.717, 1.165) is 12.8 Å². The maximum absolute atomic E-state index is 13.2. The molecule has 0 saturated carbocycles. The van der Waals surface area contributed by atoms with E-state index in [1.807, 2.05) is 6.92 Å². The Kier molecular flexibility index (Phi) is 10.3. The summed E-state index contributed by atoms with van der Waals surface area (Å²) in [6, 6.07) is 13.2. The summed E-state index contributed by atoms with van der Waals surface area (Å²) in [4.78, 5) is 22.9. The predicted octanol–water partition coefficient (Wildman–Crippen LogP) is 8.00. The third-order valence-electron chi connectivity index (χ3n) is 6.07. The number of hydrogen-bond donors (Lipinski definition) is 2. The van der Waals surface area contributed by atoms with Crippen LogP contribution in [0.4, 0.5) is 13.2 Å². The van der Waals surface area contributed by atoms with Crippen LogP contribution >= 0.6 is 23.2 Å². The van der Waals surface area contributed by atoms with Gasteiger partial charge in [-0.1, -0.05) is 66.9 Å². The Morgan fingerprint density at radius 2 is 1.74 bits per heavy atom. The van der Waals surface area contributed by atoms with E-state index in [1.165, 1.54) is 12.1 Å². The molecule has 0 fully saturated rings. The lowest BCUT2D eigenvalue weighted by molar-refractivity contribution is -0.137. The van der Waals surface area contributed by atoms with E-state index in [0.29, 0.717) is 44.3 Å². The monoisotopic (exact) mass is 569 g/mol. The van der Waals surface area contributed by atoms with Crippen molar-refractivity contribution in [1.82, 2.24) is 5.32 Å². The van der Waals surface area contributed by atoms with Crippen LogP contribution in [0.15, 0.2) is 48.5 Å². The molecule has 0 heterocycles. The summed E-state index contributed by atoms with van der Waals surface area (Å²) in [5, 5.41) is 13.2. The molecule has 2 N–H and O–H groups in total. The fraction of sp³-hybridized carbons (Fsp3) is 0.357. The van der Waals surface area contributed by atoms with Gasteiger partial charge in [-0.15, -0.1) is 0 Å². The summed E-state index contributed by atoms with van der Waals surface area (Å²) in [6.45, 7) is 2.47. The van der Waals surface area contributed by atoms with E-state index in [9.17, 15) is 22.8 Å². The number of alkyl halides is 3. The van der Waals surface area contributed by atoms with Gasteiger partial charge in [0.25, 0.3) is 5.91 Å². The van der Waals surface area contributed by atoms with Crippen molar-refractivity contribution in [2.75, 3.05) is 13.2 Å². The molecule has 204 valence electrons. The number of carbonyl (C=O) groups is 2. The van der Waals surface area contributed by atoms with Gasteiger partial charge in [0.15, 0.2) is 5.75 Å². The van der Waals surface area contributed by atoms with E-state index in [1.54, 1.807) is 36.4 Å². The molecular weight excluding hydrogens is 542 g/mol. The highest BCUT2D eigenvalue weighted by molar-refractivity contribution is 6.41. The van der Waals surface area contributed by atoms with Gasteiger partial charge in [0.05, 0.1) is 23.1 Å². The number of aliphatic carboxylic acids is 1. The van der Waals surface area contributed by atoms with Gasteiger partial charge in [-0.2, -0.15) is 13.2 Å². The van der Waals surface area contributed by atoms with Crippen LogP contribution in [-0.2, 0) is 4.79 Å². The maximum Gasteiger partial charge on any atom is 0.389 e. The molecule has 5 nitrogen and oxygen atoms in total. The lowest BCUT2D eigenvalue weighted by atomic mass is 9.86. The van der Waals surface area contributed by atoms with E-state index < -0.39 is 30.4 Å². The van der Waals surface area contributed by atoms with Crippen molar-refractivity contribution in [3.63, 3.8) is 0 Å². The van der Waals surface area contributed by atoms with E-state index in [-0.39, 0.29) is 24.9 Å². The number of carboxylic acid groups (broad SMARTS) is 1. The van der Waals surface area contributed by atoms with E-state index in [2.05, 4.69) is 5.32 Å². The number of carboxylic acids is 1. The summed E-state index contributed by atoms with van der Waals surface area (Å²) in [5.74, 6) is -1.72. The molecule has 1 unspecified atom stereocenters. The van der Waals surface area contributed by atoms with Gasteiger partial charge in [0, 0.05) is 29.8 Å². The average molecular weight is 570 g/mol. The van der Waals surface area contributed by atoms with Crippen LogP contribution in [-0.4, -0.2) is 36.3 Å². The molecule has 3 rings (SSSR count). The van der Waals surface area contributed by atoms with E-state index in [4.69, 9.17) is 33.0 Å². The smallest absolute Gasteiger partial charge is 0.389 e. The SMILES string of the molecule is CCCCOc1c(Cl)cc2cc(C(CCC(F)(F)F)c3ccc(C(=O)NCCC(=O)O)cc3)ccc2c1Cl. The van der Waals surface area contributed by atoms with Gasteiger partial charge in [-0.05, 0) is 47.6 Å². The molecule has 38 heavy (non-hydrogen) atoms. The Balaban J connectivity index is 1.92. The normalized spacial score (nSPS) is 12.4. The zero-order valence-electron chi connectivity index (χ0n) is 20.7. The second kappa shape index (κ2) is 13.2. The minimum Gasteiger partial charge on any atom is -0.490 e. The first-order valence-electron chi connectivity index (χ1n) is 12.2. The summed E-state index contributed by atoms with van der Waals surface area (Å²) in [5.41, 5.74) is 1.53. The maximum atomic E-state index is 13.2. The second-order valence-electron chi connectivity index (χ2n) is 8.91. The second-order valence-corrected chi connectivity index (χ2v) is 9.70. The lowest BCUT2D eigenvalue weighted by Gasteiger charge is -2.21. The first-order chi connectivity index (χ1) is 18.0. The molecule has 3 aromatic rings. The van der Waals surface area contributed by atoms with Crippen LogP contribution in [0.2, 0.25) is 10.0 Å². The molecular formula is C28H28Cl2F3NO4. The van der Waals surface area contributed by atoms with Gasteiger partial charge >= 0.3 is 12.1 Å². The zero-order valence-corrected chi connectivity index (χ0v) is 22.2. The summed E-state index contributed by atoms with van der Waals surface area (Å²) < 4.78 is 45.3. The number of unbranched alkanes of at least 4 members (excludes halogenated alkanes) is 1. The van der Waals surface area contributed by atoms with E-state index >= 15 is 0 Å². The Morgan fingerprint density at radius 1 is 1.05 bits per heavy atom. The molecule has 1 amide bonds. The topological polar surface area (TPSA) is 75.6 Å². The third kappa shape index (κ3) is 8.01. The number of amides is 1. The molecule has 0 aromatic heterocycles. The van der Waals surface area contributed by atoms with Crippen molar-refractivity contribution in [2.45, 2.75) is 51.1 Å². The number of ether oxygens (including phenoxy) is 1. The van der Waals surface area contributed by atoms with Gasteiger partial charge in [-0.25, -0.2) is 0 Å². The van der Waals surface area contributed by atoms with Crippen molar-refractivity contribution < 1.29 is 32.6 Å². The number of benzene rings is 3.